The zero-order valence-corrected chi connectivity index (χ0v) is 38.8. The topological polar surface area (TPSA) is 73.7 Å². The zero-order valence-electron chi connectivity index (χ0n) is 37.2. The van der Waals surface area contributed by atoms with E-state index in [-0.39, 0.29) is 11.9 Å². The van der Waals surface area contributed by atoms with Crippen LogP contribution >= 0.6 is 23.5 Å². The van der Waals surface area contributed by atoms with E-state index in [2.05, 4.69) is 42.1 Å². The largest absolute Gasteiger partial charge is 0.465 e. The molecule has 7 nitrogen and oxygen atoms in total. The highest BCUT2D eigenvalue weighted by atomic mass is 32.2. The Bertz CT molecular complexity index is 956. The second kappa shape index (κ2) is 40.6. The summed E-state index contributed by atoms with van der Waals surface area (Å²) in [5.74, 6) is 5.18. The highest BCUT2D eigenvalue weighted by Gasteiger charge is 2.14. The molecule has 0 spiro atoms. The highest BCUT2D eigenvalue weighted by molar-refractivity contribution is 7.99. The van der Waals surface area contributed by atoms with Crippen molar-refractivity contribution in [1.29, 1.82) is 0 Å². The minimum absolute atomic E-state index is 0.148. The molecular formula is C47H89N3O4S2. The van der Waals surface area contributed by atoms with Gasteiger partial charge in [-0.05, 0) is 37.3 Å². The number of hydrogen-bond acceptors (Lipinski definition) is 8. The summed E-state index contributed by atoms with van der Waals surface area (Å²) in [6.07, 6.45) is 38.5. The van der Waals surface area contributed by atoms with Gasteiger partial charge in [0, 0.05) is 49.5 Å². The molecule has 1 rings (SSSR count). The van der Waals surface area contributed by atoms with Crippen molar-refractivity contribution in [3.63, 3.8) is 0 Å². The van der Waals surface area contributed by atoms with Gasteiger partial charge in [0.1, 0.15) is 19.0 Å². The monoisotopic (exact) mass is 824 g/mol. The van der Waals surface area contributed by atoms with E-state index in [1.54, 1.807) is 0 Å². The van der Waals surface area contributed by atoms with Gasteiger partial charge in [0.05, 0.1) is 12.8 Å². The van der Waals surface area contributed by atoms with E-state index in [0.29, 0.717) is 45.1 Å². The van der Waals surface area contributed by atoms with E-state index in [0.717, 1.165) is 48.3 Å². The average molecular weight is 824 g/mol. The van der Waals surface area contributed by atoms with Crippen LogP contribution in [-0.4, -0.2) is 82.2 Å². The van der Waals surface area contributed by atoms with Gasteiger partial charge in [-0.15, -0.1) is 0 Å². The van der Waals surface area contributed by atoms with Crippen molar-refractivity contribution in [1.82, 2.24) is 14.5 Å². The van der Waals surface area contributed by atoms with Crippen LogP contribution in [0, 0.1) is 0 Å². The van der Waals surface area contributed by atoms with Crippen LogP contribution in [0.2, 0.25) is 0 Å². The third-order valence-corrected chi connectivity index (χ3v) is 12.7. The third kappa shape index (κ3) is 33.7. The van der Waals surface area contributed by atoms with E-state index in [1.165, 1.54) is 154 Å². The maximum absolute atomic E-state index is 12.6. The molecule has 56 heavy (non-hydrogen) atoms. The Morgan fingerprint density at radius 1 is 0.571 bits per heavy atom. The Morgan fingerprint density at radius 2 is 0.964 bits per heavy atom. The summed E-state index contributed by atoms with van der Waals surface area (Å²) in [7, 11) is 0. The van der Waals surface area contributed by atoms with Crippen LogP contribution in [-0.2, 0) is 25.6 Å². The third-order valence-electron chi connectivity index (χ3n) is 10.7. The Balaban J connectivity index is 2.18. The number of carbonyl (C=O) groups is 2. The van der Waals surface area contributed by atoms with E-state index in [9.17, 15) is 9.59 Å². The lowest BCUT2D eigenvalue weighted by molar-refractivity contribution is -0.143. The molecule has 0 aliphatic carbocycles. The first-order valence-corrected chi connectivity index (χ1v) is 26.0. The molecule has 0 radical (unpaired) electrons. The van der Waals surface area contributed by atoms with Crippen molar-refractivity contribution in [3.05, 3.63) is 18.2 Å². The van der Waals surface area contributed by atoms with Crippen LogP contribution in [0.15, 0.2) is 12.4 Å². The quantitative estimate of drug-likeness (QED) is 0.0476. The molecule has 0 aromatic carbocycles. The Kier molecular flexibility index (Phi) is 38.3. The smallest absolute Gasteiger partial charge is 0.307 e. The summed E-state index contributed by atoms with van der Waals surface area (Å²) >= 11 is 3.79. The fourth-order valence-corrected chi connectivity index (χ4v) is 8.80. The van der Waals surface area contributed by atoms with E-state index in [1.807, 2.05) is 35.9 Å². The number of esters is 2. The van der Waals surface area contributed by atoms with Crippen LogP contribution in [0.25, 0.3) is 0 Å². The number of aryl methyl sites for hydroxylation is 1. The summed E-state index contributed by atoms with van der Waals surface area (Å²) in [5.41, 5.74) is 0. The first-order chi connectivity index (χ1) is 27.5. The van der Waals surface area contributed by atoms with Gasteiger partial charge < -0.3 is 18.9 Å². The number of nitrogens with zero attached hydrogens (tertiary/aromatic N) is 3. The average Bonchev–Trinajstić information content (AvgIpc) is 3.67. The molecule has 0 N–H and O–H groups in total. The number of rotatable bonds is 43. The maximum atomic E-state index is 12.6. The van der Waals surface area contributed by atoms with Gasteiger partial charge in [0.25, 0.3) is 0 Å². The van der Waals surface area contributed by atoms with E-state index in [4.69, 9.17) is 9.47 Å². The molecule has 0 unspecified atom stereocenters. The summed E-state index contributed by atoms with van der Waals surface area (Å²) in [6.45, 7) is 12.7. The Hall–Kier alpha value is -1.19. The fraction of sp³-hybridized carbons (Fsp3) is 0.894. The van der Waals surface area contributed by atoms with Gasteiger partial charge >= 0.3 is 11.9 Å². The lowest BCUT2D eigenvalue weighted by Crippen LogP contribution is -2.31. The van der Waals surface area contributed by atoms with Gasteiger partial charge in [-0.1, -0.05) is 169 Å². The summed E-state index contributed by atoms with van der Waals surface area (Å²) < 4.78 is 13.4. The molecule has 328 valence electrons. The van der Waals surface area contributed by atoms with Gasteiger partial charge in [-0.3, -0.25) is 9.59 Å². The van der Waals surface area contributed by atoms with Crippen LogP contribution in [0.3, 0.4) is 0 Å². The van der Waals surface area contributed by atoms with E-state index >= 15 is 0 Å². The number of thioether (sulfide) groups is 2. The number of unbranched alkanes of at least 4 members (excludes halogenated alkanes) is 22. The molecule has 0 saturated carbocycles. The van der Waals surface area contributed by atoms with Crippen molar-refractivity contribution in [2.45, 2.75) is 214 Å². The van der Waals surface area contributed by atoms with Crippen molar-refractivity contribution >= 4 is 35.5 Å². The number of imidazole rings is 1. The lowest BCUT2D eigenvalue weighted by Gasteiger charge is -2.22. The number of ether oxygens (including phenoxy) is 2. The van der Waals surface area contributed by atoms with Gasteiger partial charge in [0.2, 0.25) is 0 Å². The molecular weight excluding hydrogens is 735 g/mol. The summed E-state index contributed by atoms with van der Waals surface area (Å²) in [4.78, 5) is 32.0. The maximum Gasteiger partial charge on any atom is 0.307 e. The summed E-state index contributed by atoms with van der Waals surface area (Å²) in [6, 6.07) is 0. The predicted molar refractivity (Wildman–Crippen MR) is 245 cm³/mol. The predicted octanol–water partition coefficient (Wildman–Crippen LogP) is 13.4. The molecule has 0 aliphatic heterocycles. The lowest BCUT2D eigenvalue weighted by atomic mass is 10.1. The van der Waals surface area contributed by atoms with Crippen molar-refractivity contribution in [3.8, 4) is 0 Å². The van der Waals surface area contributed by atoms with Gasteiger partial charge in [0.15, 0.2) is 0 Å². The number of aromatic nitrogens is 2. The van der Waals surface area contributed by atoms with Gasteiger partial charge in [-0.2, -0.15) is 23.5 Å². The second-order valence-electron chi connectivity index (χ2n) is 16.3. The van der Waals surface area contributed by atoms with Crippen LogP contribution < -0.4 is 0 Å². The molecule has 1 aromatic rings. The van der Waals surface area contributed by atoms with Crippen molar-refractivity contribution < 1.29 is 19.1 Å². The molecule has 0 atom stereocenters. The second-order valence-corrected chi connectivity index (χ2v) is 18.7. The number of hydrogen-bond donors (Lipinski definition) is 0. The highest BCUT2D eigenvalue weighted by Crippen LogP contribution is 2.16. The number of carbonyl (C=O) groups excluding carboxylic acids is 2. The van der Waals surface area contributed by atoms with Gasteiger partial charge in [-0.25, -0.2) is 4.98 Å². The van der Waals surface area contributed by atoms with Crippen LogP contribution in [0.4, 0.5) is 0 Å². The Labute approximate surface area is 355 Å². The van der Waals surface area contributed by atoms with Crippen LogP contribution in [0.1, 0.15) is 213 Å². The summed E-state index contributed by atoms with van der Waals surface area (Å²) in [5, 5.41) is 0. The molecule has 9 heteroatoms. The molecule has 0 aliphatic rings. The van der Waals surface area contributed by atoms with Crippen molar-refractivity contribution in [2.24, 2.45) is 0 Å². The SMILES string of the molecule is CCCCCCCCCCCCCCSCCOC(=O)CCN(CCCn1ccnc1C(C)C)CCC(=O)OCCSCCCCCCCCCCCCCC. The zero-order chi connectivity index (χ0) is 40.6. The molecule has 0 fully saturated rings. The first kappa shape index (κ1) is 52.8. The molecule has 1 aromatic heterocycles. The standard InChI is InChI=1S/C47H89N3O4S2/c1-5-7-9-11-13-15-17-19-21-23-25-27-40-55-42-38-53-45(51)30-35-49(33-29-34-50-37-32-48-47(50)44(3)4)36-31-46(52)54-39-43-56-41-28-26-24-22-20-18-16-14-12-10-8-6-2/h32,37,44H,5-31,33-36,38-43H2,1-4H3. The molecule has 0 amide bonds. The minimum Gasteiger partial charge on any atom is -0.465 e. The molecule has 0 saturated heterocycles. The van der Waals surface area contributed by atoms with Crippen molar-refractivity contribution in [2.75, 3.05) is 55.9 Å². The first-order valence-electron chi connectivity index (χ1n) is 23.7. The van der Waals surface area contributed by atoms with Crippen LogP contribution in [0.5, 0.6) is 0 Å². The minimum atomic E-state index is -0.148. The molecule has 0 bridgehead atoms. The fourth-order valence-electron chi connectivity index (χ4n) is 7.18. The Morgan fingerprint density at radius 3 is 1.36 bits per heavy atom. The molecule has 1 heterocycles. The van der Waals surface area contributed by atoms with E-state index < -0.39 is 0 Å². The normalized spacial score (nSPS) is 11.6.